The van der Waals surface area contributed by atoms with Gasteiger partial charge in [-0.3, -0.25) is 13.9 Å². The Bertz CT molecular complexity index is 1430. The Labute approximate surface area is 254 Å². The summed E-state index contributed by atoms with van der Waals surface area (Å²) in [4.78, 5) is 28.4. The van der Waals surface area contributed by atoms with Crippen LogP contribution in [-0.2, 0) is 26.2 Å². The topological polar surface area (TPSA) is 86.8 Å². The Morgan fingerprint density at radius 2 is 1.65 bits per heavy atom. The molecule has 3 rings (SSSR count). The van der Waals surface area contributed by atoms with Crippen molar-refractivity contribution in [1.82, 2.24) is 10.2 Å². The number of halogens is 3. The summed E-state index contributed by atoms with van der Waals surface area (Å²) < 4.78 is 29.6. The fourth-order valence-electron chi connectivity index (χ4n) is 4.00. The maximum absolute atomic E-state index is 14.0. The monoisotopic (exact) mass is 667 g/mol. The van der Waals surface area contributed by atoms with Crippen LogP contribution in [0.15, 0.2) is 76.1 Å². The third-order valence-corrected chi connectivity index (χ3v) is 8.98. The molecular formula is C29H32BrCl2N3O4S. The quantitative estimate of drug-likeness (QED) is 0.221. The SMILES string of the molecule is CCCCNC(=O)[C@@H](C)N(Cc1cccc(Br)c1)C(=O)CN(c1cc(Cl)cc(Cl)c1)S(=O)(=O)c1ccc(C)cc1. The number of rotatable bonds is 12. The van der Waals surface area contributed by atoms with E-state index in [1.807, 2.05) is 38.1 Å². The van der Waals surface area contributed by atoms with Crippen LogP contribution in [0, 0.1) is 6.92 Å². The summed E-state index contributed by atoms with van der Waals surface area (Å²) in [6.07, 6.45) is 1.71. The molecule has 0 radical (unpaired) electrons. The lowest BCUT2D eigenvalue weighted by molar-refractivity contribution is -0.139. The van der Waals surface area contributed by atoms with Gasteiger partial charge >= 0.3 is 0 Å². The van der Waals surface area contributed by atoms with Crippen molar-refractivity contribution in [3.05, 3.63) is 92.4 Å². The lowest BCUT2D eigenvalue weighted by atomic mass is 10.1. The summed E-state index contributed by atoms with van der Waals surface area (Å²) in [6, 6.07) is 17.2. The van der Waals surface area contributed by atoms with Crippen LogP contribution in [0.2, 0.25) is 10.0 Å². The zero-order valence-corrected chi connectivity index (χ0v) is 26.4. The molecule has 0 aliphatic heterocycles. The van der Waals surface area contributed by atoms with E-state index in [1.165, 1.54) is 35.2 Å². The van der Waals surface area contributed by atoms with Gasteiger partial charge in [0.2, 0.25) is 11.8 Å². The van der Waals surface area contributed by atoms with E-state index in [4.69, 9.17) is 23.2 Å². The van der Waals surface area contributed by atoms with Crippen LogP contribution in [-0.4, -0.2) is 44.3 Å². The van der Waals surface area contributed by atoms with Crippen molar-refractivity contribution >= 4 is 66.7 Å². The lowest BCUT2D eigenvalue weighted by Gasteiger charge is -2.32. The van der Waals surface area contributed by atoms with Crippen molar-refractivity contribution in [2.24, 2.45) is 0 Å². The van der Waals surface area contributed by atoms with E-state index in [0.717, 1.165) is 32.7 Å². The number of sulfonamides is 1. The van der Waals surface area contributed by atoms with E-state index in [2.05, 4.69) is 21.2 Å². The molecule has 40 heavy (non-hydrogen) atoms. The minimum absolute atomic E-state index is 0.00546. The van der Waals surface area contributed by atoms with Gasteiger partial charge in [-0.25, -0.2) is 8.42 Å². The van der Waals surface area contributed by atoms with Crippen LogP contribution in [0.25, 0.3) is 0 Å². The predicted molar refractivity (Wildman–Crippen MR) is 164 cm³/mol. The zero-order chi connectivity index (χ0) is 29.4. The molecule has 0 saturated carbocycles. The van der Waals surface area contributed by atoms with Crippen molar-refractivity contribution in [1.29, 1.82) is 0 Å². The van der Waals surface area contributed by atoms with Gasteiger partial charge < -0.3 is 10.2 Å². The first-order chi connectivity index (χ1) is 18.9. The molecule has 0 fully saturated rings. The molecule has 7 nitrogen and oxygen atoms in total. The Morgan fingerprint density at radius 1 is 1.00 bits per heavy atom. The molecule has 0 aliphatic rings. The standard InChI is InChI=1S/C29H32BrCl2N3O4S/c1-4-5-13-33-29(37)21(3)34(18-22-7-6-8-23(30)14-22)28(36)19-35(26-16-24(31)15-25(32)17-26)40(38,39)27-11-9-20(2)10-12-27/h6-12,14-17,21H,4-5,13,18-19H2,1-3H3,(H,33,37)/t21-/m1/s1. The molecule has 0 aromatic heterocycles. The molecule has 214 valence electrons. The van der Waals surface area contributed by atoms with Crippen LogP contribution in [0.3, 0.4) is 0 Å². The molecule has 0 bridgehead atoms. The van der Waals surface area contributed by atoms with Gasteiger partial charge in [0.1, 0.15) is 12.6 Å². The Morgan fingerprint density at radius 3 is 2.25 bits per heavy atom. The second kappa shape index (κ2) is 14.3. The molecule has 0 heterocycles. The fraction of sp³-hybridized carbons (Fsp3) is 0.310. The first-order valence-electron chi connectivity index (χ1n) is 12.8. The molecule has 0 spiro atoms. The predicted octanol–water partition coefficient (Wildman–Crippen LogP) is 6.59. The highest BCUT2D eigenvalue weighted by Gasteiger charge is 2.32. The van der Waals surface area contributed by atoms with E-state index in [0.29, 0.717) is 6.54 Å². The molecular weight excluding hydrogens is 637 g/mol. The number of carbonyl (C=O) groups is 2. The lowest BCUT2D eigenvalue weighted by Crippen LogP contribution is -2.51. The molecule has 2 amide bonds. The molecule has 11 heteroatoms. The maximum Gasteiger partial charge on any atom is 0.264 e. The van der Waals surface area contributed by atoms with Crippen molar-refractivity contribution in [2.75, 3.05) is 17.4 Å². The van der Waals surface area contributed by atoms with E-state index >= 15 is 0 Å². The number of unbranched alkanes of at least 4 members (excludes halogenated alkanes) is 1. The number of hydrogen-bond donors (Lipinski definition) is 1. The first-order valence-corrected chi connectivity index (χ1v) is 15.8. The minimum atomic E-state index is -4.22. The van der Waals surface area contributed by atoms with Crippen molar-refractivity contribution in [2.45, 2.75) is 51.1 Å². The summed E-state index contributed by atoms with van der Waals surface area (Å²) in [6.45, 7) is 5.49. The number of nitrogens with zero attached hydrogens (tertiary/aromatic N) is 2. The van der Waals surface area contributed by atoms with Crippen LogP contribution in [0.4, 0.5) is 5.69 Å². The van der Waals surface area contributed by atoms with Gasteiger partial charge in [0.15, 0.2) is 0 Å². The highest BCUT2D eigenvalue weighted by molar-refractivity contribution is 9.10. The maximum atomic E-state index is 14.0. The largest absolute Gasteiger partial charge is 0.354 e. The van der Waals surface area contributed by atoms with Gasteiger partial charge in [-0.15, -0.1) is 0 Å². The molecule has 0 saturated heterocycles. The molecule has 1 atom stereocenters. The average Bonchev–Trinajstić information content (AvgIpc) is 2.89. The second-order valence-electron chi connectivity index (χ2n) is 9.42. The number of nitrogens with one attached hydrogen (secondary N) is 1. The highest BCUT2D eigenvalue weighted by atomic mass is 79.9. The summed E-state index contributed by atoms with van der Waals surface area (Å²) in [5.41, 5.74) is 1.79. The third kappa shape index (κ3) is 8.46. The van der Waals surface area contributed by atoms with Crippen LogP contribution in [0.1, 0.15) is 37.8 Å². The average molecular weight is 669 g/mol. The number of hydrogen-bond acceptors (Lipinski definition) is 4. The zero-order valence-electron chi connectivity index (χ0n) is 22.5. The van der Waals surface area contributed by atoms with Crippen molar-refractivity contribution in [3.8, 4) is 0 Å². The Hall–Kier alpha value is -2.59. The second-order valence-corrected chi connectivity index (χ2v) is 13.1. The number of aryl methyl sites for hydroxylation is 1. The fourth-order valence-corrected chi connectivity index (χ4v) is 6.36. The van der Waals surface area contributed by atoms with Crippen LogP contribution >= 0.6 is 39.1 Å². The normalized spacial score (nSPS) is 12.1. The molecule has 3 aromatic rings. The summed E-state index contributed by atoms with van der Waals surface area (Å²) in [7, 11) is -4.22. The summed E-state index contributed by atoms with van der Waals surface area (Å²) in [5, 5.41) is 3.30. The van der Waals surface area contributed by atoms with E-state index < -0.39 is 28.5 Å². The van der Waals surface area contributed by atoms with Gasteiger partial charge in [0.05, 0.1) is 10.6 Å². The Balaban J connectivity index is 2.03. The van der Waals surface area contributed by atoms with Crippen molar-refractivity contribution in [3.63, 3.8) is 0 Å². The smallest absolute Gasteiger partial charge is 0.264 e. The van der Waals surface area contributed by atoms with Gasteiger partial charge in [0, 0.05) is 27.6 Å². The van der Waals surface area contributed by atoms with Crippen molar-refractivity contribution < 1.29 is 18.0 Å². The first kappa shape index (κ1) is 31.9. The number of amides is 2. The van der Waals surface area contributed by atoms with Crippen LogP contribution in [0.5, 0.6) is 0 Å². The van der Waals surface area contributed by atoms with Gasteiger partial charge in [0.25, 0.3) is 10.0 Å². The van der Waals surface area contributed by atoms with Gasteiger partial charge in [-0.1, -0.05) is 82.3 Å². The molecule has 0 aliphatic carbocycles. The molecule has 0 unspecified atom stereocenters. The highest BCUT2D eigenvalue weighted by Crippen LogP contribution is 2.30. The number of anilines is 1. The van der Waals surface area contributed by atoms with Gasteiger partial charge in [-0.05, 0) is 68.3 Å². The number of benzene rings is 3. The summed E-state index contributed by atoms with van der Waals surface area (Å²) in [5.74, 6) is -0.888. The molecule has 1 N–H and O–H groups in total. The number of carbonyl (C=O) groups excluding carboxylic acids is 2. The van der Waals surface area contributed by atoms with Crippen LogP contribution < -0.4 is 9.62 Å². The Kier molecular flexibility index (Phi) is 11.5. The van der Waals surface area contributed by atoms with E-state index in [9.17, 15) is 18.0 Å². The van der Waals surface area contributed by atoms with E-state index in [-0.39, 0.29) is 33.1 Å². The van der Waals surface area contributed by atoms with E-state index in [1.54, 1.807) is 19.1 Å². The minimum Gasteiger partial charge on any atom is -0.354 e. The van der Waals surface area contributed by atoms with Gasteiger partial charge in [-0.2, -0.15) is 0 Å². The summed E-state index contributed by atoms with van der Waals surface area (Å²) >= 11 is 15.9. The molecule has 3 aromatic carbocycles. The third-order valence-electron chi connectivity index (χ3n) is 6.26.